The number of aromatic nitrogens is 3. The first-order chi connectivity index (χ1) is 13.6. The number of H-pyrrole nitrogens is 1. The summed E-state index contributed by atoms with van der Waals surface area (Å²) in [6.07, 6.45) is 1.53. The summed E-state index contributed by atoms with van der Waals surface area (Å²) in [6, 6.07) is 19.2. The van der Waals surface area contributed by atoms with Crippen molar-refractivity contribution in [3.05, 3.63) is 87.4 Å². The van der Waals surface area contributed by atoms with E-state index in [0.717, 1.165) is 11.1 Å². The Bertz CT molecular complexity index is 1210. The van der Waals surface area contributed by atoms with Gasteiger partial charge in [-0.3, -0.25) is 10.1 Å². The number of nitro groups is 1. The fourth-order valence-electron chi connectivity index (χ4n) is 2.61. The van der Waals surface area contributed by atoms with Gasteiger partial charge >= 0.3 is 0 Å². The lowest BCUT2D eigenvalue weighted by atomic mass is 10.1. The van der Waals surface area contributed by atoms with Crippen LogP contribution in [0.4, 0.5) is 5.69 Å². The molecule has 0 bridgehead atoms. The van der Waals surface area contributed by atoms with Gasteiger partial charge in [0.25, 0.3) is 5.69 Å². The molecule has 0 saturated heterocycles. The van der Waals surface area contributed by atoms with Crippen molar-refractivity contribution in [2.24, 2.45) is 5.10 Å². The summed E-state index contributed by atoms with van der Waals surface area (Å²) >= 11 is 5.25. The van der Waals surface area contributed by atoms with Crippen molar-refractivity contribution >= 4 is 24.1 Å². The molecule has 2 aromatic heterocycles. The van der Waals surface area contributed by atoms with Crippen molar-refractivity contribution in [3.63, 3.8) is 0 Å². The number of furan rings is 1. The fourth-order valence-corrected chi connectivity index (χ4v) is 2.79. The van der Waals surface area contributed by atoms with Crippen LogP contribution in [0.25, 0.3) is 22.7 Å². The number of nitrogens with zero attached hydrogens (tertiary/aromatic N) is 4. The monoisotopic (exact) mass is 391 g/mol. The Labute approximate surface area is 163 Å². The molecule has 0 spiro atoms. The second-order valence-electron chi connectivity index (χ2n) is 5.78. The molecule has 0 radical (unpaired) electrons. The van der Waals surface area contributed by atoms with E-state index in [-0.39, 0.29) is 5.69 Å². The quantitative estimate of drug-likeness (QED) is 0.231. The van der Waals surface area contributed by atoms with E-state index in [2.05, 4.69) is 15.3 Å². The van der Waals surface area contributed by atoms with Crippen LogP contribution in [-0.2, 0) is 0 Å². The van der Waals surface area contributed by atoms with Crippen molar-refractivity contribution < 1.29 is 9.34 Å². The maximum absolute atomic E-state index is 10.8. The number of hydrogen-bond donors (Lipinski definition) is 1. The number of non-ortho nitro benzene ring substituents is 1. The molecule has 0 aliphatic carbocycles. The van der Waals surface area contributed by atoms with Crippen molar-refractivity contribution in [1.82, 2.24) is 14.9 Å². The molecule has 0 atom stereocenters. The Morgan fingerprint density at radius 1 is 1.07 bits per heavy atom. The van der Waals surface area contributed by atoms with E-state index in [1.54, 1.807) is 24.3 Å². The molecular formula is C19H13N5O3S. The van der Waals surface area contributed by atoms with Crippen LogP contribution in [0.1, 0.15) is 5.76 Å². The first-order valence-corrected chi connectivity index (χ1v) is 8.64. The van der Waals surface area contributed by atoms with Crippen LogP contribution in [0.5, 0.6) is 0 Å². The van der Waals surface area contributed by atoms with Gasteiger partial charge < -0.3 is 4.42 Å². The largest absolute Gasteiger partial charge is 0.455 e. The van der Waals surface area contributed by atoms with Gasteiger partial charge in [0.15, 0.2) is 5.82 Å². The van der Waals surface area contributed by atoms with Crippen LogP contribution in [0, 0.1) is 14.9 Å². The standard InChI is InChI=1S/C19H13N5O3S/c25-24(26)15-8-6-13(7-9-15)17-11-10-16(27-17)12-20-23-18(21-22-19(23)28)14-4-2-1-3-5-14/h1-12H,(H,22,28)/b20-12+. The summed E-state index contributed by atoms with van der Waals surface area (Å²) in [4.78, 5) is 10.3. The van der Waals surface area contributed by atoms with Crippen LogP contribution < -0.4 is 0 Å². The molecule has 138 valence electrons. The number of nitro benzene ring substituents is 1. The molecule has 2 aromatic carbocycles. The van der Waals surface area contributed by atoms with Crippen LogP contribution >= 0.6 is 12.2 Å². The van der Waals surface area contributed by atoms with E-state index in [1.807, 2.05) is 30.3 Å². The van der Waals surface area contributed by atoms with E-state index in [0.29, 0.717) is 22.1 Å². The van der Waals surface area contributed by atoms with Crippen molar-refractivity contribution in [2.45, 2.75) is 0 Å². The average molecular weight is 391 g/mol. The zero-order valence-electron chi connectivity index (χ0n) is 14.4. The van der Waals surface area contributed by atoms with Gasteiger partial charge in [0, 0.05) is 23.3 Å². The van der Waals surface area contributed by atoms with E-state index in [9.17, 15) is 10.1 Å². The molecule has 2 heterocycles. The second-order valence-corrected chi connectivity index (χ2v) is 6.17. The summed E-state index contributed by atoms with van der Waals surface area (Å²) in [7, 11) is 0. The zero-order valence-corrected chi connectivity index (χ0v) is 15.2. The number of aromatic amines is 1. The zero-order chi connectivity index (χ0) is 19.5. The molecule has 0 aliphatic heterocycles. The van der Waals surface area contributed by atoms with Crippen LogP contribution in [-0.4, -0.2) is 26.0 Å². The molecule has 4 aromatic rings. The Morgan fingerprint density at radius 2 is 1.82 bits per heavy atom. The first kappa shape index (κ1) is 17.6. The van der Waals surface area contributed by atoms with Crippen molar-refractivity contribution in [1.29, 1.82) is 0 Å². The molecule has 1 N–H and O–H groups in total. The first-order valence-electron chi connectivity index (χ1n) is 8.24. The lowest BCUT2D eigenvalue weighted by molar-refractivity contribution is -0.384. The predicted molar refractivity (Wildman–Crippen MR) is 107 cm³/mol. The van der Waals surface area contributed by atoms with Crippen LogP contribution in [0.3, 0.4) is 0 Å². The highest BCUT2D eigenvalue weighted by Gasteiger charge is 2.09. The number of hydrogen-bond acceptors (Lipinski definition) is 6. The summed E-state index contributed by atoms with van der Waals surface area (Å²) in [5.74, 6) is 1.68. The topological polar surface area (TPSA) is 102 Å². The van der Waals surface area contributed by atoms with Gasteiger partial charge in [0.05, 0.1) is 11.1 Å². The van der Waals surface area contributed by atoms with Gasteiger partial charge in [0.1, 0.15) is 11.5 Å². The highest BCUT2D eigenvalue weighted by Crippen LogP contribution is 2.24. The Balaban J connectivity index is 1.60. The van der Waals surface area contributed by atoms with Gasteiger partial charge in [-0.25, -0.2) is 5.10 Å². The minimum absolute atomic E-state index is 0.0277. The molecule has 0 aliphatic rings. The summed E-state index contributed by atoms with van der Waals surface area (Å²) in [6.45, 7) is 0. The van der Waals surface area contributed by atoms with E-state index < -0.39 is 4.92 Å². The summed E-state index contributed by atoms with van der Waals surface area (Å²) < 4.78 is 7.63. The predicted octanol–water partition coefficient (Wildman–Crippen LogP) is 4.66. The molecule has 28 heavy (non-hydrogen) atoms. The van der Waals surface area contributed by atoms with E-state index in [4.69, 9.17) is 16.6 Å². The van der Waals surface area contributed by atoms with Gasteiger partial charge in [-0.05, 0) is 36.5 Å². The van der Waals surface area contributed by atoms with Gasteiger partial charge in [-0.2, -0.15) is 14.9 Å². The second kappa shape index (κ2) is 7.41. The normalized spacial score (nSPS) is 11.1. The Kier molecular flexibility index (Phi) is 4.65. The van der Waals surface area contributed by atoms with E-state index in [1.165, 1.54) is 23.0 Å². The minimum Gasteiger partial charge on any atom is -0.455 e. The summed E-state index contributed by atoms with van der Waals surface area (Å²) in [5, 5.41) is 22.1. The lowest BCUT2D eigenvalue weighted by Crippen LogP contribution is -1.94. The Hall–Kier alpha value is -3.85. The fraction of sp³-hybridized carbons (Fsp3) is 0. The molecule has 0 unspecified atom stereocenters. The SMILES string of the molecule is O=[N+]([O-])c1ccc(-c2ccc(/C=N/n3c(-c4ccccc4)n[nH]c3=S)o2)cc1. The van der Waals surface area contributed by atoms with Gasteiger partial charge in [0.2, 0.25) is 4.77 Å². The van der Waals surface area contributed by atoms with Crippen LogP contribution in [0.2, 0.25) is 0 Å². The highest BCUT2D eigenvalue weighted by atomic mass is 32.1. The van der Waals surface area contributed by atoms with Crippen molar-refractivity contribution in [3.8, 4) is 22.7 Å². The smallest absolute Gasteiger partial charge is 0.269 e. The Morgan fingerprint density at radius 3 is 2.54 bits per heavy atom. The molecule has 0 amide bonds. The third kappa shape index (κ3) is 3.51. The average Bonchev–Trinajstić information content (AvgIpc) is 3.34. The molecule has 0 saturated carbocycles. The van der Waals surface area contributed by atoms with Crippen molar-refractivity contribution in [2.75, 3.05) is 0 Å². The summed E-state index contributed by atoms with van der Waals surface area (Å²) in [5.41, 5.74) is 1.63. The number of benzene rings is 2. The highest BCUT2D eigenvalue weighted by molar-refractivity contribution is 7.71. The van der Waals surface area contributed by atoms with Crippen LogP contribution in [0.15, 0.2) is 76.2 Å². The third-order valence-corrected chi connectivity index (χ3v) is 4.24. The maximum atomic E-state index is 10.8. The number of nitrogens with one attached hydrogen (secondary N) is 1. The molecule has 8 nitrogen and oxygen atoms in total. The molecule has 0 fully saturated rings. The lowest BCUT2D eigenvalue weighted by Gasteiger charge is -1.99. The van der Waals surface area contributed by atoms with E-state index >= 15 is 0 Å². The van der Waals surface area contributed by atoms with Gasteiger partial charge in [-0.15, -0.1) is 0 Å². The maximum Gasteiger partial charge on any atom is 0.269 e. The molecule has 4 rings (SSSR count). The minimum atomic E-state index is -0.442. The number of rotatable bonds is 5. The third-order valence-electron chi connectivity index (χ3n) is 3.97. The molecule has 9 heteroatoms. The molecular weight excluding hydrogens is 378 g/mol. The van der Waals surface area contributed by atoms with Gasteiger partial charge in [-0.1, -0.05) is 30.3 Å².